The Morgan fingerprint density at radius 1 is 1.33 bits per heavy atom. The summed E-state index contributed by atoms with van der Waals surface area (Å²) in [5.41, 5.74) is 1.30. The first-order chi connectivity index (χ1) is 8.79. The van der Waals surface area contributed by atoms with Crippen LogP contribution in [0.15, 0.2) is 16.7 Å². The number of pyridine rings is 1. The molecule has 0 saturated carbocycles. The van der Waals surface area contributed by atoms with E-state index in [0.29, 0.717) is 22.8 Å². The van der Waals surface area contributed by atoms with Crippen LogP contribution in [0.1, 0.15) is 6.42 Å². The van der Waals surface area contributed by atoms with Crippen molar-refractivity contribution in [2.75, 3.05) is 31.1 Å². The summed E-state index contributed by atoms with van der Waals surface area (Å²) < 4.78 is 5.74. The molecular formula is C12H13ClN4O. The second-order valence-corrected chi connectivity index (χ2v) is 5.35. The molecule has 2 bridgehead atoms. The van der Waals surface area contributed by atoms with Gasteiger partial charge in [0, 0.05) is 38.4 Å². The Hall–Kier alpha value is -1.33. The summed E-state index contributed by atoms with van der Waals surface area (Å²) >= 11 is 5.91. The minimum Gasteiger partial charge on any atom is -0.404 e. The molecule has 2 aromatic heterocycles. The number of anilines is 1. The number of fused-ring (bicyclic) bond motifs is 3. The molecule has 2 aromatic rings. The van der Waals surface area contributed by atoms with Crippen molar-refractivity contribution in [3.8, 4) is 0 Å². The Morgan fingerprint density at radius 2 is 2.28 bits per heavy atom. The van der Waals surface area contributed by atoms with Crippen molar-refractivity contribution < 1.29 is 4.42 Å². The van der Waals surface area contributed by atoms with Crippen LogP contribution in [0.3, 0.4) is 0 Å². The molecule has 2 aliphatic rings. The summed E-state index contributed by atoms with van der Waals surface area (Å²) in [5, 5.41) is 0.591. The molecule has 2 aliphatic heterocycles. The van der Waals surface area contributed by atoms with E-state index in [4.69, 9.17) is 16.0 Å². The van der Waals surface area contributed by atoms with E-state index in [1.165, 1.54) is 13.0 Å². The van der Waals surface area contributed by atoms with Crippen LogP contribution in [-0.2, 0) is 0 Å². The molecule has 4 heterocycles. The molecule has 6 heteroatoms. The highest BCUT2D eigenvalue weighted by Gasteiger charge is 2.34. The van der Waals surface area contributed by atoms with Crippen LogP contribution in [0, 0.1) is 0 Å². The van der Waals surface area contributed by atoms with E-state index < -0.39 is 0 Å². The predicted molar refractivity (Wildman–Crippen MR) is 69.0 cm³/mol. The number of oxazole rings is 1. The number of aromatic nitrogens is 2. The molecule has 4 rings (SSSR count). The van der Waals surface area contributed by atoms with E-state index in [1.807, 2.05) is 0 Å². The molecule has 94 valence electrons. The lowest BCUT2D eigenvalue weighted by Crippen LogP contribution is -2.46. The van der Waals surface area contributed by atoms with E-state index in [0.717, 1.165) is 25.2 Å². The van der Waals surface area contributed by atoms with Crippen LogP contribution >= 0.6 is 11.6 Å². The maximum atomic E-state index is 5.91. The van der Waals surface area contributed by atoms with Crippen LogP contribution < -0.4 is 4.90 Å². The first-order valence-electron chi connectivity index (χ1n) is 6.21. The maximum Gasteiger partial charge on any atom is 0.300 e. The van der Waals surface area contributed by atoms with Gasteiger partial charge in [0.05, 0.1) is 5.02 Å². The van der Waals surface area contributed by atoms with E-state index in [-0.39, 0.29) is 0 Å². The quantitative estimate of drug-likeness (QED) is 0.786. The number of nitrogens with zero attached hydrogens (tertiary/aromatic N) is 4. The van der Waals surface area contributed by atoms with Gasteiger partial charge in [0.25, 0.3) is 6.01 Å². The predicted octanol–water partition coefficient (Wildman–Crippen LogP) is 1.77. The van der Waals surface area contributed by atoms with Gasteiger partial charge in [-0.05, 0) is 12.5 Å². The molecular weight excluding hydrogens is 252 g/mol. The standard InChI is InChI=1S/C12H13ClN4O/c13-8-5-10-11(14-6-8)18-12(15-10)17-4-3-16-2-1-9(17)7-16/h5-6,9H,1-4,7H2/t9-/m1/s1. The lowest BCUT2D eigenvalue weighted by atomic mass is 10.2. The fourth-order valence-corrected chi connectivity index (χ4v) is 3.02. The monoisotopic (exact) mass is 264 g/mol. The van der Waals surface area contributed by atoms with Crippen LogP contribution in [-0.4, -0.2) is 47.1 Å². The number of halogens is 1. The summed E-state index contributed by atoms with van der Waals surface area (Å²) in [7, 11) is 0. The second-order valence-electron chi connectivity index (χ2n) is 4.91. The van der Waals surface area contributed by atoms with Gasteiger partial charge in [-0.25, -0.2) is 4.98 Å². The molecule has 18 heavy (non-hydrogen) atoms. The maximum absolute atomic E-state index is 5.91. The summed E-state index contributed by atoms with van der Waals surface area (Å²) in [4.78, 5) is 13.4. The van der Waals surface area contributed by atoms with Crippen molar-refractivity contribution in [2.24, 2.45) is 0 Å². The summed E-state index contributed by atoms with van der Waals surface area (Å²) in [5.74, 6) is 0. The zero-order valence-corrected chi connectivity index (χ0v) is 10.6. The SMILES string of the molecule is Clc1cnc2oc(N3CCN4CC[C@@H]3C4)nc2c1. The Labute approximate surface area is 109 Å². The first kappa shape index (κ1) is 10.6. The van der Waals surface area contributed by atoms with Crippen LogP contribution in [0.5, 0.6) is 0 Å². The van der Waals surface area contributed by atoms with Gasteiger partial charge in [0.15, 0.2) is 0 Å². The van der Waals surface area contributed by atoms with Gasteiger partial charge in [-0.15, -0.1) is 0 Å². The van der Waals surface area contributed by atoms with E-state index in [2.05, 4.69) is 19.8 Å². The summed E-state index contributed by atoms with van der Waals surface area (Å²) in [6.45, 7) is 4.37. The van der Waals surface area contributed by atoms with Gasteiger partial charge in [-0.2, -0.15) is 4.98 Å². The third kappa shape index (κ3) is 1.58. The van der Waals surface area contributed by atoms with Gasteiger partial charge in [-0.1, -0.05) is 11.6 Å². The van der Waals surface area contributed by atoms with Crippen LogP contribution in [0.4, 0.5) is 6.01 Å². The second kappa shape index (κ2) is 3.83. The highest BCUT2D eigenvalue weighted by atomic mass is 35.5. The molecule has 5 nitrogen and oxygen atoms in total. The van der Waals surface area contributed by atoms with E-state index >= 15 is 0 Å². The first-order valence-corrected chi connectivity index (χ1v) is 6.58. The van der Waals surface area contributed by atoms with Gasteiger partial charge in [0.2, 0.25) is 5.71 Å². The Kier molecular flexibility index (Phi) is 2.25. The highest BCUT2D eigenvalue weighted by molar-refractivity contribution is 6.30. The fraction of sp³-hybridized carbons (Fsp3) is 0.500. The molecule has 2 fully saturated rings. The van der Waals surface area contributed by atoms with Crippen molar-refractivity contribution in [3.05, 3.63) is 17.3 Å². The average Bonchev–Trinajstić information content (AvgIpc) is 2.94. The van der Waals surface area contributed by atoms with E-state index in [1.54, 1.807) is 12.3 Å². The smallest absolute Gasteiger partial charge is 0.300 e. The molecule has 1 unspecified atom stereocenters. The topological polar surface area (TPSA) is 45.4 Å². The molecule has 2 saturated heterocycles. The van der Waals surface area contributed by atoms with Gasteiger partial charge in [0.1, 0.15) is 5.52 Å². The third-order valence-electron chi connectivity index (χ3n) is 3.79. The summed E-state index contributed by atoms with van der Waals surface area (Å²) in [6, 6.07) is 3.01. The molecule has 0 amide bonds. The molecule has 0 aromatic carbocycles. The zero-order valence-electron chi connectivity index (χ0n) is 9.84. The van der Waals surface area contributed by atoms with Crippen molar-refractivity contribution in [1.82, 2.24) is 14.9 Å². The highest BCUT2D eigenvalue weighted by Crippen LogP contribution is 2.28. The average molecular weight is 265 g/mol. The van der Waals surface area contributed by atoms with Crippen molar-refractivity contribution in [2.45, 2.75) is 12.5 Å². The minimum absolute atomic E-state index is 0.530. The van der Waals surface area contributed by atoms with Crippen LogP contribution in [0.2, 0.25) is 5.02 Å². The van der Waals surface area contributed by atoms with Crippen molar-refractivity contribution in [1.29, 1.82) is 0 Å². The molecule has 0 aliphatic carbocycles. The van der Waals surface area contributed by atoms with Gasteiger partial charge >= 0.3 is 0 Å². The van der Waals surface area contributed by atoms with E-state index in [9.17, 15) is 0 Å². The van der Waals surface area contributed by atoms with Gasteiger partial charge < -0.3 is 9.32 Å². The largest absolute Gasteiger partial charge is 0.404 e. The molecule has 2 atom stereocenters. The fourth-order valence-electron chi connectivity index (χ4n) is 2.86. The Balaban J connectivity index is 1.73. The third-order valence-corrected chi connectivity index (χ3v) is 4.00. The zero-order chi connectivity index (χ0) is 12.1. The molecule has 0 radical (unpaired) electrons. The van der Waals surface area contributed by atoms with Gasteiger partial charge in [-0.3, -0.25) is 4.90 Å². The lowest BCUT2D eigenvalue weighted by molar-refractivity contribution is 0.304. The number of hydrogen-bond donors (Lipinski definition) is 0. The Bertz CT molecular complexity index is 599. The van der Waals surface area contributed by atoms with Crippen molar-refractivity contribution in [3.63, 3.8) is 0 Å². The minimum atomic E-state index is 0.530. The van der Waals surface area contributed by atoms with Crippen LogP contribution in [0.25, 0.3) is 11.2 Å². The summed E-state index contributed by atoms with van der Waals surface area (Å²) in [6.07, 6.45) is 2.78. The lowest BCUT2D eigenvalue weighted by Gasteiger charge is -2.32. The van der Waals surface area contributed by atoms with Crippen molar-refractivity contribution >= 4 is 28.8 Å². The number of hydrogen-bond acceptors (Lipinski definition) is 5. The number of rotatable bonds is 1. The Morgan fingerprint density at radius 3 is 3.22 bits per heavy atom. The molecule has 0 N–H and O–H groups in total. The normalized spacial score (nSPS) is 27.1. The number of piperazine rings is 1. The molecule has 0 spiro atoms.